The fraction of sp³-hybridized carbons (Fsp3) is 0.500. The SMILES string of the molecule is CCCc1cc2c(N3CCn4c(nnc4C(F)(F)F)C3)nc(-c3nc(CCOC)no3)nc2s1. The summed E-state index contributed by atoms with van der Waals surface area (Å²) in [6.07, 6.45) is -2.20. The van der Waals surface area contributed by atoms with Crippen LogP contribution in [0.15, 0.2) is 10.6 Å². The van der Waals surface area contributed by atoms with Crippen molar-refractivity contribution in [1.29, 1.82) is 0 Å². The standard InChI is InChI=1S/C20H21F3N8O2S/c1-3-4-11-9-12-16(30-6-7-31-14(10-30)27-28-19(31)20(21,22)23)25-15(26-18(12)34-11)17-24-13(29-33-17)5-8-32-2/h9H,3-8,10H2,1-2H3. The summed E-state index contributed by atoms with van der Waals surface area (Å²) in [6, 6.07) is 2.04. The zero-order valence-electron chi connectivity index (χ0n) is 18.5. The van der Waals surface area contributed by atoms with Crippen LogP contribution in [-0.2, 0) is 36.8 Å². The number of rotatable bonds is 7. The number of fused-ring (bicyclic) bond motifs is 2. The molecule has 0 aliphatic carbocycles. The fourth-order valence-corrected chi connectivity index (χ4v) is 4.97. The lowest BCUT2D eigenvalue weighted by atomic mass is 10.2. The lowest BCUT2D eigenvalue weighted by Crippen LogP contribution is -2.36. The van der Waals surface area contributed by atoms with Crippen molar-refractivity contribution in [3.05, 3.63) is 28.4 Å². The Morgan fingerprint density at radius 1 is 1.15 bits per heavy atom. The van der Waals surface area contributed by atoms with Crippen LogP contribution in [-0.4, -0.2) is 55.1 Å². The Balaban J connectivity index is 1.54. The number of nitrogens with zero attached hydrogens (tertiary/aromatic N) is 8. The number of methoxy groups -OCH3 is 1. The lowest BCUT2D eigenvalue weighted by Gasteiger charge is -2.29. The van der Waals surface area contributed by atoms with Gasteiger partial charge in [-0.3, -0.25) is 0 Å². The Kier molecular flexibility index (Phi) is 5.93. The number of anilines is 1. The molecule has 0 bridgehead atoms. The molecule has 1 aliphatic rings. The molecule has 14 heteroatoms. The van der Waals surface area contributed by atoms with Gasteiger partial charge in [-0.1, -0.05) is 18.5 Å². The summed E-state index contributed by atoms with van der Waals surface area (Å²) in [7, 11) is 1.59. The molecule has 34 heavy (non-hydrogen) atoms. The van der Waals surface area contributed by atoms with Crippen molar-refractivity contribution in [3.8, 4) is 11.7 Å². The minimum Gasteiger partial charge on any atom is -0.384 e. The number of thiophene rings is 1. The van der Waals surface area contributed by atoms with Crippen LogP contribution in [0.25, 0.3) is 21.9 Å². The number of aromatic nitrogens is 7. The third kappa shape index (κ3) is 4.22. The van der Waals surface area contributed by atoms with Gasteiger partial charge in [0.25, 0.3) is 5.89 Å². The molecule has 5 heterocycles. The van der Waals surface area contributed by atoms with Crippen LogP contribution in [0.2, 0.25) is 0 Å². The Hall–Kier alpha value is -3.13. The number of halogens is 3. The molecule has 0 spiro atoms. The van der Waals surface area contributed by atoms with E-state index in [1.54, 1.807) is 18.4 Å². The van der Waals surface area contributed by atoms with E-state index in [-0.39, 0.29) is 30.6 Å². The zero-order valence-corrected chi connectivity index (χ0v) is 19.3. The molecule has 0 fully saturated rings. The minimum atomic E-state index is -4.55. The Morgan fingerprint density at radius 2 is 2.00 bits per heavy atom. The molecule has 4 aromatic heterocycles. The molecule has 0 atom stereocenters. The topological polar surface area (TPSA) is 108 Å². The molecule has 0 saturated carbocycles. The molecule has 1 aliphatic heterocycles. The first-order valence-electron chi connectivity index (χ1n) is 10.7. The van der Waals surface area contributed by atoms with Crippen molar-refractivity contribution in [1.82, 2.24) is 34.9 Å². The highest BCUT2D eigenvalue weighted by Crippen LogP contribution is 2.36. The molecule has 4 aromatic rings. The van der Waals surface area contributed by atoms with E-state index >= 15 is 0 Å². The summed E-state index contributed by atoms with van der Waals surface area (Å²) in [5.41, 5.74) is 0. The molecular formula is C20H21F3N8O2S. The molecule has 0 radical (unpaired) electrons. The quantitative estimate of drug-likeness (QED) is 0.381. The van der Waals surface area contributed by atoms with E-state index < -0.39 is 12.0 Å². The normalized spacial score (nSPS) is 14.2. The van der Waals surface area contributed by atoms with Crippen molar-refractivity contribution < 1.29 is 22.4 Å². The van der Waals surface area contributed by atoms with Crippen LogP contribution >= 0.6 is 11.3 Å². The van der Waals surface area contributed by atoms with Gasteiger partial charge < -0.3 is 18.7 Å². The number of hydrogen-bond acceptors (Lipinski definition) is 10. The Labute approximate surface area is 195 Å². The molecule has 0 amide bonds. The van der Waals surface area contributed by atoms with E-state index in [9.17, 15) is 13.2 Å². The summed E-state index contributed by atoms with van der Waals surface area (Å²) in [5.74, 6) is 0.774. The molecule has 180 valence electrons. The van der Waals surface area contributed by atoms with E-state index in [1.807, 2.05) is 11.0 Å². The van der Waals surface area contributed by atoms with Crippen molar-refractivity contribution in [3.63, 3.8) is 0 Å². The Bertz CT molecular complexity index is 1320. The van der Waals surface area contributed by atoms with Crippen molar-refractivity contribution in [2.75, 3.05) is 25.2 Å². The van der Waals surface area contributed by atoms with E-state index in [2.05, 4.69) is 32.2 Å². The molecule has 10 nitrogen and oxygen atoms in total. The largest absolute Gasteiger partial charge is 0.451 e. The number of aryl methyl sites for hydroxylation is 1. The smallest absolute Gasteiger partial charge is 0.384 e. The number of hydrogen-bond donors (Lipinski definition) is 0. The third-order valence-electron chi connectivity index (χ3n) is 5.42. The summed E-state index contributed by atoms with van der Waals surface area (Å²) in [5, 5.41) is 11.9. The van der Waals surface area contributed by atoms with Gasteiger partial charge in [0.05, 0.1) is 18.5 Å². The van der Waals surface area contributed by atoms with Gasteiger partial charge in [0.15, 0.2) is 11.6 Å². The maximum atomic E-state index is 13.2. The maximum absolute atomic E-state index is 13.2. The molecule has 5 rings (SSSR count). The third-order valence-corrected chi connectivity index (χ3v) is 6.50. The monoisotopic (exact) mass is 494 g/mol. The average Bonchev–Trinajstić information content (AvgIpc) is 3.53. The van der Waals surface area contributed by atoms with Crippen LogP contribution < -0.4 is 4.90 Å². The fourth-order valence-electron chi connectivity index (χ4n) is 3.85. The van der Waals surface area contributed by atoms with Crippen LogP contribution in [0.4, 0.5) is 19.0 Å². The Morgan fingerprint density at radius 3 is 2.76 bits per heavy atom. The zero-order chi connectivity index (χ0) is 23.9. The molecule has 0 saturated heterocycles. The van der Waals surface area contributed by atoms with E-state index in [1.165, 1.54) is 0 Å². The first kappa shape index (κ1) is 22.7. The van der Waals surface area contributed by atoms with E-state index in [0.29, 0.717) is 31.2 Å². The molecular weight excluding hydrogens is 473 g/mol. The lowest BCUT2D eigenvalue weighted by molar-refractivity contribution is -0.147. The predicted molar refractivity (Wildman–Crippen MR) is 116 cm³/mol. The maximum Gasteiger partial charge on any atom is 0.451 e. The van der Waals surface area contributed by atoms with Gasteiger partial charge in [-0.15, -0.1) is 21.5 Å². The van der Waals surface area contributed by atoms with Gasteiger partial charge in [0, 0.05) is 31.5 Å². The van der Waals surface area contributed by atoms with Crippen molar-refractivity contribution in [2.24, 2.45) is 0 Å². The summed E-state index contributed by atoms with van der Waals surface area (Å²) < 4.78 is 51.3. The van der Waals surface area contributed by atoms with Crippen LogP contribution in [0.1, 0.15) is 35.7 Å². The second kappa shape index (κ2) is 8.91. The van der Waals surface area contributed by atoms with Gasteiger partial charge in [0.2, 0.25) is 11.6 Å². The van der Waals surface area contributed by atoms with Gasteiger partial charge in [-0.2, -0.15) is 18.2 Å². The minimum absolute atomic E-state index is 0.0890. The van der Waals surface area contributed by atoms with Gasteiger partial charge in [0.1, 0.15) is 10.6 Å². The summed E-state index contributed by atoms with van der Waals surface area (Å²) >= 11 is 1.55. The highest BCUT2D eigenvalue weighted by atomic mass is 32.1. The molecule has 0 unspecified atom stereocenters. The second-order valence-corrected chi connectivity index (χ2v) is 8.94. The number of ether oxygens (including phenoxy) is 1. The van der Waals surface area contributed by atoms with Gasteiger partial charge in [-0.05, 0) is 12.5 Å². The first-order valence-corrected chi connectivity index (χ1v) is 11.6. The number of alkyl halides is 3. The molecule has 0 N–H and O–H groups in total. The van der Waals surface area contributed by atoms with Crippen LogP contribution in [0, 0.1) is 0 Å². The van der Waals surface area contributed by atoms with Crippen LogP contribution in [0.5, 0.6) is 0 Å². The predicted octanol–water partition coefficient (Wildman–Crippen LogP) is 3.51. The van der Waals surface area contributed by atoms with E-state index in [4.69, 9.17) is 14.2 Å². The van der Waals surface area contributed by atoms with E-state index in [0.717, 1.165) is 32.5 Å². The van der Waals surface area contributed by atoms with Gasteiger partial charge >= 0.3 is 6.18 Å². The molecule has 0 aromatic carbocycles. The average molecular weight is 495 g/mol. The first-order chi connectivity index (χ1) is 16.4. The highest BCUT2D eigenvalue weighted by Gasteiger charge is 2.39. The highest BCUT2D eigenvalue weighted by molar-refractivity contribution is 7.18. The van der Waals surface area contributed by atoms with Crippen molar-refractivity contribution >= 4 is 27.4 Å². The second-order valence-electron chi connectivity index (χ2n) is 7.82. The van der Waals surface area contributed by atoms with Crippen molar-refractivity contribution in [2.45, 2.75) is 45.5 Å². The summed E-state index contributed by atoms with van der Waals surface area (Å²) in [6.45, 7) is 3.08. The summed E-state index contributed by atoms with van der Waals surface area (Å²) in [4.78, 5) is 17.5. The van der Waals surface area contributed by atoms with Crippen LogP contribution in [0.3, 0.4) is 0 Å². The van der Waals surface area contributed by atoms with Gasteiger partial charge in [-0.25, -0.2) is 9.97 Å².